The van der Waals surface area contributed by atoms with Gasteiger partial charge < -0.3 is 24.9 Å². The molecule has 0 aromatic rings. The summed E-state index contributed by atoms with van der Waals surface area (Å²) in [4.78, 5) is 9.14. The van der Waals surface area contributed by atoms with Gasteiger partial charge in [0.25, 0.3) is 0 Å². The molecule has 0 saturated carbocycles. The predicted octanol–water partition coefficient (Wildman–Crippen LogP) is 0.496. The summed E-state index contributed by atoms with van der Waals surface area (Å²) in [6.07, 6.45) is 5.63. The summed E-state index contributed by atoms with van der Waals surface area (Å²) in [5, 5.41) is 24.4. The van der Waals surface area contributed by atoms with Gasteiger partial charge in [0.15, 0.2) is 0 Å². The summed E-state index contributed by atoms with van der Waals surface area (Å²) >= 11 is 0. The second-order valence-corrected chi connectivity index (χ2v) is 3.29. The highest BCUT2D eigenvalue weighted by molar-refractivity contribution is 5.76. The van der Waals surface area contributed by atoms with Gasteiger partial charge in [-0.05, 0) is 18.9 Å². The first-order valence-corrected chi connectivity index (χ1v) is 6.23. The van der Waals surface area contributed by atoms with E-state index in [9.17, 15) is 0 Å². The predicted molar refractivity (Wildman–Crippen MR) is 70.0 cm³/mol. The van der Waals surface area contributed by atoms with E-state index in [0.29, 0.717) is 0 Å². The summed E-state index contributed by atoms with van der Waals surface area (Å²) in [5.41, 5.74) is 0. The Hall–Kier alpha value is -0.910. The summed E-state index contributed by atoms with van der Waals surface area (Å²) in [6.45, 7) is 8.93. The average Bonchev–Trinajstić information content (AvgIpc) is 2.39. The highest BCUT2D eigenvalue weighted by atomic mass is 16.5. The summed E-state index contributed by atoms with van der Waals surface area (Å²) < 4.78 is 5.31. The molecule has 0 rings (SSSR count). The number of unbranched alkanes of at least 4 members (excludes halogenated alkanes) is 2. The molecule has 0 aliphatic rings. The third-order valence-electron chi connectivity index (χ3n) is 1.55. The number of carboxylic acids is 1. The summed E-state index contributed by atoms with van der Waals surface area (Å²) in [7, 11) is 0. The van der Waals surface area contributed by atoms with Crippen LogP contribution in [0.3, 0.4) is 0 Å². The fourth-order valence-electron chi connectivity index (χ4n) is 0.595. The molecule has 0 aromatic heterocycles. The molecule has 0 aliphatic carbocycles. The van der Waals surface area contributed by atoms with Crippen molar-refractivity contribution in [1.82, 2.24) is 0 Å². The number of carbonyl (C=O) groups is 1. The van der Waals surface area contributed by atoms with E-state index in [1.165, 1.54) is 25.7 Å². The lowest BCUT2D eigenvalue weighted by atomic mass is 10.3. The van der Waals surface area contributed by atoms with Crippen LogP contribution in [-0.4, -0.2) is 42.6 Å². The maximum Gasteiger partial charge on any atom is 0.0662 e. The Morgan fingerprint density at radius 3 is 1.67 bits per heavy atom. The molecule has 2 N–H and O–H groups in total. The van der Waals surface area contributed by atoms with Gasteiger partial charge in [0.2, 0.25) is 0 Å². The van der Waals surface area contributed by atoms with Crippen molar-refractivity contribution in [2.45, 2.75) is 39.5 Å². The maximum absolute atomic E-state index is 9.14. The standard InChI is InChI=1S/C8H18O.C3H4O2.C2H6O2/c1-3-5-7-9-8-6-4-2;1-2-3(4)5;3-1-2-4/h3-8H2,1-2H3;2H,1H2,(H,4,5);3-4H,1-2H2/p-1. The zero-order valence-electron chi connectivity index (χ0n) is 11.6. The molecule has 0 aliphatic heterocycles. The smallest absolute Gasteiger partial charge is 0.0662 e. The van der Waals surface area contributed by atoms with Crippen molar-refractivity contribution in [2.75, 3.05) is 26.4 Å². The van der Waals surface area contributed by atoms with Gasteiger partial charge >= 0.3 is 0 Å². The van der Waals surface area contributed by atoms with E-state index in [0.717, 1.165) is 19.3 Å². The van der Waals surface area contributed by atoms with Crippen molar-refractivity contribution < 1.29 is 24.9 Å². The average molecular weight is 263 g/mol. The van der Waals surface area contributed by atoms with Gasteiger partial charge in [0, 0.05) is 13.2 Å². The normalized spacial score (nSPS) is 8.44. The molecule has 0 aromatic carbocycles. The zero-order chi connectivity index (χ0) is 14.6. The molecule has 0 heterocycles. The molecule has 0 saturated heterocycles. The minimum atomic E-state index is -1.23. The second kappa shape index (κ2) is 25.1. The molecule has 0 radical (unpaired) electrons. The first-order chi connectivity index (χ1) is 8.60. The largest absolute Gasteiger partial charge is 0.545 e. The van der Waals surface area contributed by atoms with E-state index in [1.807, 2.05) is 0 Å². The van der Waals surface area contributed by atoms with Crippen LogP contribution in [0.4, 0.5) is 0 Å². The number of aliphatic hydroxyl groups is 2. The lowest BCUT2D eigenvalue weighted by Gasteiger charge is -1.99. The van der Waals surface area contributed by atoms with Crippen molar-refractivity contribution >= 4 is 5.97 Å². The van der Waals surface area contributed by atoms with Gasteiger partial charge in [0.1, 0.15) is 0 Å². The highest BCUT2D eigenvalue weighted by Crippen LogP contribution is 1.91. The second-order valence-electron chi connectivity index (χ2n) is 3.29. The molecule has 110 valence electrons. The topological polar surface area (TPSA) is 89.8 Å². The van der Waals surface area contributed by atoms with Crippen LogP contribution in [0.2, 0.25) is 0 Å². The highest BCUT2D eigenvalue weighted by Gasteiger charge is 1.84. The van der Waals surface area contributed by atoms with Gasteiger partial charge in [-0.25, -0.2) is 0 Å². The lowest BCUT2D eigenvalue weighted by molar-refractivity contribution is -0.297. The van der Waals surface area contributed by atoms with E-state index < -0.39 is 5.97 Å². The molecule has 18 heavy (non-hydrogen) atoms. The molecule has 5 nitrogen and oxygen atoms in total. The van der Waals surface area contributed by atoms with Crippen molar-refractivity contribution in [3.8, 4) is 0 Å². The van der Waals surface area contributed by atoms with Gasteiger partial charge in [-0.1, -0.05) is 33.3 Å². The summed E-state index contributed by atoms with van der Waals surface area (Å²) in [5.74, 6) is -1.23. The maximum atomic E-state index is 9.14. The van der Waals surface area contributed by atoms with Crippen molar-refractivity contribution in [3.63, 3.8) is 0 Å². The molecule has 0 bridgehead atoms. The number of aliphatic hydroxyl groups excluding tert-OH is 2. The van der Waals surface area contributed by atoms with Crippen LogP contribution in [0.1, 0.15) is 39.5 Å². The molecule has 0 amide bonds. The number of aliphatic carboxylic acids is 1. The molecule has 5 heteroatoms. The van der Waals surface area contributed by atoms with E-state index in [-0.39, 0.29) is 13.2 Å². The Bertz CT molecular complexity index is 151. The Balaban J connectivity index is -0.000000212. The van der Waals surface area contributed by atoms with E-state index in [4.69, 9.17) is 24.9 Å². The molecule has 0 unspecified atom stereocenters. The monoisotopic (exact) mass is 263 g/mol. The van der Waals surface area contributed by atoms with Crippen LogP contribution in [0.15, 0.2) is 12.7 Å². The van der Waals surface area contributed by atoms with E-state index >= 15 is 0 Å². The Labute approximate surface area is 110 Å². The third-order valence-corrected chi connectivity index (χ3v) is 1.55. The first-order valence-electron chi connectivity index (χ1n) is 6.23. The molecular formula is C13H27O5-. The Morgan fingerprint density at radius 1 is 1.17 bits per heavy atom. The number of carboxylic acid groups (broad SMARTS) is 1. The van der Waals surface area contributed by atoms with Crippen LogP contribution in [0, 0.1) is 0 Å². The van der Waals surface area contributed by atoms with Crippen LogP contribution in [0.5, 0.6) is 0 Å². The molecule has 0 spiro atoms. The van der Waals surface area contributed by atoms with Crippen molar-refractivity contribution in [2.24, 2.45) is 0 Å². The van der Waals surface area contributed by atoms with Crippen molar-refractivity contribution in [1.29, 1.82) is 0 Å². The first kappa shape index (κ1) is 22.3. The fourth-order valence-corrected chi connectivity index (χ4v) is 0.595. The molecule has 0 atom stereocenters. The number of ether oxygens (including phenoxy) is 1. The summed E-state index contributed by atoms with van der Waals surface area (Å²) in [6, 6.07) is 0. The zero-order valence-corrected chi connectivity index (χ0v) is 11.6. The quantitative estimate of drug-likeness (QED) is 0.491. The minimum absolute atomic E-state index is 0.125. The van der Waals surface area contributed by atoms with Gasteiger partial charge in [-0.15, -0.1) is 0 Å². The van der Waals surface area contributed by atoms with Crippen LogP contribution in [-0.2, 0) is 9.53 Å². The fraction of sp³-hybridized carbons (Fsp3) is 0.769. The minimum Gasteiger partial charge on any atom is -0.545 e. The van der Waals surface area contributed by atoms with Crippen LogP contribution in [0.25, 0.3) is 0 Å². The van der Waals surface area contributed by atoms with Crippen LogP contribution >= 0.6 is 0 Å². The Kier molecular flexibility index (Phi) is 31.0. The van der Waals surface area contributed by atoms with Crippen molar-refractivity contribution in [3.05, 3.63) is 12.7 Å². The number of hydrogen-bond acceptors (Lipinski definition) is 5. The third kappa shape index (κ3) is 45.8. The number of carbonyl (C=O) groups excluding carboxylic acids is 1. The van der Waals surface area contributed by atoms with E-state index in [1.54, 1.807) is 0 Å². The molecule has 0 fully saturated rings. The SMILES string of the molecule is C=CC(=O)[O-].CCCCOCCCC.OCCO. The Morgan fingerprint density at radius 2 is 1.50 bits per heavy atom. The van der Waals surface area contributed by atoms with Crippen LogP contribution < -0.4 is 5.11 Å². The van der Waals surface area contributed by atoms with Gasteiger partial charge in [0.05, 0.1) is 19.2 Å². The van der Waals surface area contributed by atoms with E-state index in [2.05, 4.69) is 20.4 Å². The number of hydrogen-bond donors (Lipinski definition) is 2. The molecular weight excluding hydrogens is 236 g/mol. The lowest BCUT2D eigenvalue weighted by Crippen LogP contribution is -2.17. The number of rotatable bonds is 8. The van der Waals surface area contributed by atoms with Gasteiger partial charge in [-0.2, -0.15) is 0 Å². The van der Waals surface area contributed by atoms with Gasteiger partial charge in [-0.3, -0.25) is 0 Å².